The number of aromatic nitrogens is 1. The van der Waals surface area contributed by atoms with Gasteiger partial charge in [0.15, 0.2) is 0 Å². The fourth-order valence-electron chi connectivity index (χ4n) is 2.93. The predicted octanol–water partition coefficient (Wildman–Crippen LogP) is 3.99. The number of hydrogen-bond donors (Lipinski definition) is 2. The third-order valence-corrected chi connectivity index (χ3v) is 4.53. The molecule has 0 saturated heterocycles. The Morgan fingerprint density at radius 1 is 1.12 bits per heavy atom. The molecule has 2 aromatic carbocycles. The number of carbonyl (C=O) groups excluding carboxylic acids is 1. The van der Waals surface area contributed by atoms with Crippen molar-refractivity contribution in [1.29, 1.82) is 0 Å². The highest BCUT2D eigenvalue weighted by Crippen LogP contribution is 2.24. The van der Waals surface area contributed by atoms with Crippen molar-refractivity contribution in [2.24, 2.45) is 0 Å². The molecular weight excluding hydrogens is 328 g/mol. The maximum atomic E-state index is 12.6. The molecule has 3 rings (SSSR count). The minimum atomic E-state index is -0.154. The smallest absolute Gasteiger partial charge is 0.253 e. The first-order chi connectivity index (χ1) is 12.5. The Labute approximate surface area is 153 Å². The highest BCUT2D eigenvalue weighted by Gasteiger charge is 2.15. The SMILES string of the molecule is COc1ccc(O[C@@H](C)CNC(=O)c2cccc3c(C)c(C)[nH]c23)cc1. The molecule has 5 nitrogen and oxygen atoms in total. The molecule has 0 unspecified atom stereocenters. The number of hydrogen-bond acceptors (Lipinski definition) is 3. The molecule has 0 spiro atoms. The molecule has 1 atom stereocenters. The molecule has 0 aliphatic carbocycles. The number of para-hydroxylation sites is 1. The van der Waals surface area contributed by atoms with Crippen LogP contribution in [0.5, 0.6) is 11.5 Å². The van der Waals surface area contributed by atoms with E-state index in [4.69, 9.17) is 9.47 Å². The summed E-state index contributed by atoms with van der Waals surface area (Å²) in [6.45, 7) is 6.41. The van der Waals surface area contributed by atoms with Crippen molar-refractivity contribution >= 4 is 16.8 Å². The summed E-state index contributed by atoms with van der Waals surface area (Å²) in [5, 5.41) is 4.03. The molecule has 0 saturated carbocycles. The van der Waals surface area contributed by atoms with Crippen LogP contribution in [0.2, 0.25) is 0 Å². The Balaban J connectivity index is 1.64. The first-order valence-corrected chi connectivity index (χ1v) is 8.66. The largest absolute Gasteiger partial charge is 0.497 e. The fourth-order valence-corrected chi connectivity index (χ4v) is 2.93. The third kappa shape index (κ3) is 3.67. The Hall–Kier alpha value is -2.95. The number of aromatic amines is 1. The number of amides is 1. The zero-order valence-electron chi connectivity index (χ0n) is 15.6. The van der Waals surface area contributed by atoms with Crippen LogP contribution in [0, 0.1) is 13.8 Å². The Morgan fingerprint density at radius 3 is 2.50 bits per heavy atom. The van der Waals surface area contributed by atoms with Gasteiger partial charge < -0.3 is 19.8 Å². The van der Waals surface area contributed by atoms with Crippen LogP contribution in [0.15, 0.2) is 42.5 Å². The Morgan fingerprint density at radius 2 is 1.81 bits per heavy atom. The van der Waals surface area contributed by atoms with Crippen molar-refractivity contribution in [1.82, 2.24) is 10.3 Å². The van der Waals surface area contributed by atoms with Gasteiger partial charge >= 0.3 is 0 Å². The number of rotatable bonds is 6. The lowest BCUT2D eigenvalue weighted by Gasteiger charge is -2.16. The topological polar surface area (TPSA) is 63.4 Å². The third-order valence-electron chi connectivity index (χ3n) is 4.53. The summed E-state index contributed by atoms with van der Waals surface area (Å²) in [5.74, 6) is 1.41. The minimum Gasteiger partial charge on any atom is -0.497 e. The number of nitrogens with one attached hydrogen (secondary N) is 2. The van der Waals surface area contributed by atoms with Gasteiger partial charge in [-0.1, -0.05) is 12.1 Å². The second kappa shape index (κ2) is 7.52. The van der Waals surface area contributed by atoms with E-state index in [1.807, 2.05) is 56.3 Å². The maximum absolute atomic E-state index is 12.6. The van der Waals surface area contributed by atoms with Crippen molar-refractivity contribution in [3.05, 3.63) is 59.3 Å². The molecule has 0 bridgehead atoms. The summed E-state index contributed by atoms with van der Waals surface area (Å²) in [5.41, 5.74) is 3.78. The van der Waals surface area contributed by atoms with Gasteiger partial charge in [0.25, 0.3) is 5.91 Å². The van der Waals surface area contributed by atoms with Crippen molar-refractivity contribution in [3.8, 4) is 11.5 Å². The molecule has 1 heterocycles. The molecule has 0 fully saturated rings. The van der Waals surface area contributed by atoms with Crippen LogP contribution >= 0.6 is 0 Å². The van der Waals surface area contributed by atoms with E-state index in [1.165, 1.54) is 5.56 Å². The average molecular weight is 352 g/mol. The predicted molar refractivity (Wildman–Crippen MR) is 103 cm³/mol. The average Bonchev–Trinajstić information content (AvgIpc) is 2.94. The van der Waals surface area contributed by atoms with E-state index in [0.717, 1.165) is 28.1 Å². The molecule has 2 N–H and O–H groups in total. The summed E-state index contributed by atoms with van der Waals surface area (Å²) >= 11 is 0. The molecule has 5 heteroatoms. The van der Waals surface area contributed by atoms with Gasteiger partial charge in [0.2, 0.25) is 0 Å². The lowest BCUT2D eigenvalue weighted by atomic mass is 10.1. The van der Waals surface area contributed by atoms with E-state index >= 15 is 0 Å². The normalized spacial score (nSPS) is 12.0. The molecular formula is C21H24N2O3. The van der Waals surface area contributed by atoms with E-state index in [9.17, 15) is 4.79 Å². The number of fused-ring (bicyclic) bond motifs is 1. The number of H-pyrrole nitrogens is 1. The molecule has 3 aromatic rings. The second-order valence-electron chi connectivity index (χ2n) is 6.42. The maximum Gasteiger partial charge on any atom is 0.253 e. The van der Waals surface area contributed by atoms with Gasteiger partial charge in [-0.2, -0.15) is 0 Å². The quantitative estimate of drug-likeness (QED) is 0.705. The van der Waals surface area contributed by atoms with E-state index in [-0.39, 0.29) is 12.0 Å². The molecule has 1 amide bonds. The van der Waals surface area contributed by atoms with Gasteiger partial charge in [-0.25, -0.2) is 0 Å². The van der Waals surface area contributed by atoms with Crippen LogP contribution in [0.1, 0.15) is 28.5 Å². The Kier molecular flexibility index (Phi) is 5.16. The van der Waals surface area contributed by atoms with Gasteiger partial charge in [-0.3, -0.25) is 4.79 Å². The first kappa shape index (κ1) is 17.9. The summed E-state index contributed by atoms with van der Waals surface area (Å²) in [6.07, 6.45) is -0.154. The van der Waals surface area contributed by atoms with Gasteiger partial charge in [-0.05, 0) is 56.7 Å². The number of methoxy groups -OCH3 is 1. The van der Waals surface area contributed by atoms with E-state index < -0.39 is 0 Å². The summed E-state index contributed by atoms with van der Waals surface area (Å²) in [7, 11) is 1.63. The van der Waals surface area contributed by atoms with Crippen LogP contribution in [0.4, 0.5) is 0 Å². The highest BCUT2D eigenvalue weighted by atomic mass is 16.5. The van der Waals surface area contributed by atoms with E-state index in [0.29, 0.717) is 12.1 Å². The molecule has 0 aliphatic heterocycles. The van der Waals surface area contributed by atoms with Crippen molar-refractivity contribution in [2.45, 2.75) is 26.9 Å². The lowest BCUT2D eigenvalue weighted by molar-refractivity contribution is 0.0933. The van der Waals surface area contributed by atoms with Crippen LogP contribution in [0.25, 0.3) is 10.9 Å². The molecule has 0 radical (unpaired) electrons. The molecule has 136 valence electrons. The van der Waals surface area contributed by atoms with Crippen LogP contribution in [-0.4, -0.2) is 30.6 Å². The number of ether oxygens (including phenoxy) is 2. The summed E-state index contributed by atoms with van der Waals surface area (Å²) in [4.78, 5) is 15.9. The van der Waals surface area contributed by atoms with Crippen LogP contribution in [0.3, 0.4) is 0 Å². The van der Waals surface area contributed by atoms with Crippen LogP contribution < -0.4 is 14.8 Å². The van der Waals surface area contributed by atoms with Crippen molar-refractivity contribution in [2.75, 3.05) is 13.7 Å². The van der Waals surface area contributed by atoms with Gasteiger partial charge in [-0.15, -0.1) is 0 Å². The van der Waals surface area contributed by atoms with Gasteiger partial charge in [0.05, 0.1) is 24.7 Å². The molecule has 0 aliphatic rings. The van der Waals surface area contributed by atoms with Crippen LogP contribution in [-0.2, 0) is 0 Å². The summed E-state index contributed by atoms with van der Waals surface area (Å²) in [6, 6.07) is 13.2. The molecule has 1 aromatic heterocycles. The van der Waals surface area contributed by atoms with Crippen molar-refractivity contribution < 1.29 is 14.3 Å². The number of benzene rings is 2. The molecule has 26 heavy (non-hydrogen) atoms. The zero-order chi connectivity index (χ0) is 18.7. The van der Waals surface area contributed by atoms with Crippen molar-refractivity contribution in [3.63, 3.8) is 0 Å². The fraction of sp³-hybridized carbons (Fsp3) is 0.286. The van der Waals surface area contributed by atoms with E-state index in [1.54, 1.807) is 7.11 Å². The Bertz CT molecular complexity index is 913. The number of aryl methyl sites for hydroxylation is 2. The highest BCUT2D eigenvalue weighted by molar-refractivity contribution is 6.06. The first-order valence-electron chi connectivity index (χ1n) is 8.66. The lowest BCUT2D eigenvalue weighted by Crippen LogP contribution is -2.33. The zero-order valence-corrected chi connectivity index (χ0v) is 15.6. The van der Waals surface area contributed by atoms with Gasteiger partial charge in [0.1, 0.15) is 17.6 Å². The second-order valence-corrected chi connectivity index (χ2v) is 6.42. The standard InChI is InChI=1S/C21H24N2O3/c1-13(26-17-10-8-16(25-4)9-11-17)12-22-21(24)19-7-5-6-18-14(2)15(3)23-20(18)19/h5-11,13,23H,12H2,1-4H3,(H,22,24)/t13-/m0/s1. The number of carbonyl (C=O) groups is 1. The minimum absolute atomic E-state index is 0.109. The monoisotopic (exact) mass is 352 g/mol. The summed E-state index contributed by atoms with van der Waals surface area (Å²) < 4.78 is 11.0. The van der Waals surface area contributed by atoms with Gasteiger partial charge in [0, 0.05) is 11.1 Å². The van der Waals surface area contributed by atoms with E-state index in [2.05, 4.69) is 17.2 Å².